The minimum atomic E-state index is -3.65. The SMILES string of the molecule is COc1cc(Cn2c(=O)n(C)c3cc(S(=O)(=O)NC4(C)CC4)ccc32)cc(OC)c1. The van der Waals surface area contributed by atoms with Crippen LogP contribution in [0.2, 0.25) is 0 Å². The lowest BCUT2D eigenvalue weighted by molar-refractivity contribution is 0.393. The van der Waals surface area contributed by atoms with Gasteiger partial charge in [-0.15, -0.1) is 0 Å². The second-order valence-electron chi connectivity index (χ2n) is 7.97. The highest BCUT2D eigenvalue weighted by molar-refractivity contribution is 7.89. The van der Waals surface area contributed by atoms with E-state index < -0.39 is 10.0 Å². The number of aromatic nitrogens is 2. The maximum absolute atomic E-state index is 12.9. The number of fused-ring (bicyclic) bond motifs is 1. The van der Waals surface area contributed by atoms with Gasteiger partial charge in [-0.05, 0) is 55.7 Å². The molecule has 2 aromatic carbocycles. The zero-order valence-electron chi connectivity index (χ0n) is 17.4. The molecule has 3 aromatic rings. The quantitative estimate of drug-likeness (QED) is 0.620. The Hall–Kier alpha value is -2.78. The molecule has 0 spiro atoms. The minimum absolute atomic E-state index is 0.152. The summed E-state index contributed by atoms with van der Waals surface area (Å²) in [5, 5.41) is 0. The van der Waals surface area contributed by atoms with E-state index in [-0.39, 0.29) is 16.1 Å². The van der Waals surface area contributed by atoms with Crippen LogP contribution in [-0.2, 0) is 23.6 Å². The van der Waals surface area contributed by atoms with Crippen molar-refractivity contribution in [1.29, 1.82) is 0 Å². The van der Waals surface area contributed by atoms with Crippen molar-refractivity contribution in [2.45, 2.75) is 36.7 Å². The number of rotatable bonds is 7. The van der Waals surface area contributed by atoms with E-state index in [0.717, 1.165) is 18.4 Å². The topological polar surface area (TPSA) is 91.6 Å². The fourth-order valence-electron chi connectivity index (χ4n) is 3.52. The van der Waals surface area contributed by atoms with Crippen molar-refractivity contribution in [2.24, 2.45) is 7.05 Å². The number of nitrogens with zero attached hydrogens (tertiary/aromatic N) is 2. The number of benzene rings is 2. The molecule has 0 unspecified atom stereocenters. The fourth-order valence-corrected chi connectivity index (χ4v) is 5.01. The molecule has 1 aromatic heterocycles. The van der Waals surface area contributed by atoms with Gasteiger partial charge in [0.25, 0.3) is 0 Å². The molecule has 0 saturated heterocycles. The van der Waals surface area contributed by atoms with Crippen LogP contribution in [0.25, 0.3) is 11.0 Å². The largest absolute Gasteiger partial charge is 0.497 e. The van der Waals surface area contributed by atoms with Crippen LogP contribution in [0, 0.1) is 0 Å². The molecule has 0 amide bonds. The van der Waals surface area contributed by atoms with Crippen molar-refractivity contribution in [3.05, 3.63) is 52.4 Å². The molecule has 0 atom stereocenters. The Bertz CT molecular complexity index is 1260. The fraction of sp³-hybridized carbons (Fsp3) is 0.381. The van der Waals surface area contributed by atoms with Crippen molar-refractivity contribution in [2.75, 3.05) is 14.2 Å². The maximum Gasteiger partial charge on any atom is 0.329 e. The molecule has 1 fully saturated rings. The van der Waals surface area contributed by atoms with Crippen LogP contribution in [0.1, 0.15) is 25.3 Å². The molecular weight excluding hydrogens is 406 g/mol. The minimum Gasteiger partial charge on any atom is -0.497 e. The second kappa shape index (κ2) is 7.17. The molecular formula is C21H25N3O5S. The van der Waals surface area contributed by atoms with Gasteiger partial charge in [-0.2, -0.15) is 0 Å². The number of hydrogen-bond acceptors (Lipinski definition) is 5. The molecule has 30 heavy (non-hydrogen) atoms. The summed E-state index contributed by atoms with van der Waals surface area (Å²) in [6.45, 7) is 2.18. The highest BCUT2D eigenvalue weighted by Crippen LogP contribution is 2.36. The van der Waals surface area contributed by atoms with E-state index in [1.165, 1.54) is 4.57 Å². The highest BCUT2D eigenvalue weighted by Gasteiger charge is 2.41. The first-order valence-electron chi connectivity index (χ1n) is 9.61. The number of ether oxygens (including phenoxy) is 2. The molecule has 1 aliphatic rings. The summed E-state index contributed by atoms with van der Waals surface area (Å²) < 4.78 is 41.9. The van der Waals surface area contributed by atoms with Gasteiger partial charge in [-0.1, -0.05) is 0 Å². The third-order valence-electron chi connectivity index (χ3n) is 5.56. The van der Waals surface area contributed by atoms with Gasteiger partial charge in [0, 0.05) is 18.7 Å². The van der Waals surface area contributed by atoms with Crippen LogP contribution in [-0.4, -0.2) is 37.3 Å². The van der Waals surface area contributed by atoms with E-state index in [0.29, 0.717) is 29.1 Å². The molecule has 160 valence electrons. The average Bonchev–Trinajstić information content (AvgIpc) is 3.40. The van der Waals surface area contributed by atoms with Crippen LogP contribution in [0.3, 0.4) is 0 Å². The standard InChI is InChI=1S/C21H25N3O5S/c1-21(7-8-21)22-30(26,27)17-5-6-18-19(12-17)23(2)20(25)24(18)13-14-9-15(28-3)11-16(10-14)29-4/h5-6,9-12,22H,7-8,13H2,1-4H3. The zero-order valence-corrected chi connectivity index (χ0v) is 18.2. The smallest absolute Gasteiger partial charge is 0.329 e. The first-order valence-corrected chi connectivity index (χ1v) is 11.1. The highest BCUT2D eigenvalue weighted by atomic mass is 32.2. The molecule has 1 N–H and O–H groups in total. The summed E-state index contributed by atoms with van der Waals surface area (Å²) in [5.41, 5.74) is 1.45. The van der Waals surface area contributed by atoms with Gasteiger partial charge in [0.15, 0.2) is 0 Å². The molecule has 0 bridgehead atoms. The zero-order chi connectivity index (χ0) is 21.7. The predicted octanol–water partition coefficient (Wildman–Crippen LogP) is 2.24. The van der Waals surface area contributed by atoms with Gasteiger partial charge in [-0.3, -0.25) is 9.13 Å². The number of nitrogens with one attached hydrogen (secondary N) is 1. The molecule has 1 saturated carbocycles. The third kappa shape index (κ3) is 3.70. The van der Waals surface area contributed by atoms with E-state index in [1.54, 1.807) is 50.1 Å². The van der Waals surface area contributed by atoms with Crippen molar-refractivity contribution in [1.82, 2.24) is 13.9 Å². The first-order chi connectivity index (χ1) is 14.2. The van der Waals surface area contributed by atoms with E-state index in [2.05, 4.69) is 4.72 Å². The molecule has 1 aliphatic carbocycles. The number of sulfonamides is 1. The summed E-state index contributed by atoms with van der Waals surface area (Å²) in [6.07, 6.45) is 1.65. The van der Waals surface area contributed by atoms with Crippen LogP contribution in [0.15, 0.2) is 46.1 Å². The third-order valence-corrected chi connectivity index (χ3v) is 7.20. The van der Waals surface area contributed by atoms with Crippen molar-refractivity contribution in [3.8, 4) is 11.5 Å². The molecule has 8 nitrogen and oxygen atoms in total. The maximum atomic E-state index is 12.9. The molecule has 0 aliphatic heterocycles. The van der Waals surface area contributed by atoms with Gasteiger partial charge < -0.3 is 9.47 Å². The number of aryl methyl sites for hydroxylation is 1. The van der Waals surface area contributed by atoms with Crippen molar-refractivity contribution in [3.63, 3.8) is 0 Å². The van der Waals surface area contributed by atoms with E-state index in [9.17, 15) is 13.2 Å². The average molecular weight is 432 g/mol. The Morgan fingerprint density at radius 3 is 2.23 bits per heavy atom. The summed E-state index contributed by atoms with van der Waals surface area (Å²) in [4.78, 5) is 13.1. The lowest BCUT2D eigenvalue weighted by Crippen LogP contribution is -2.34. The number of hydrogen-bond donors (Lipinski definition) is 1. The van der Waals surface area contributed by atoms with Gasteiger partial charge in [-0.25, -0.2) is 17.9 Å². The second-order valence-corrected chi connectivity index (χ2v) is 9.65. The Labute approximate surface area is 175 Å². The summed E-state index contributed by atoms with van der Waals surface area (Å²) in [6, 6.07) is 10.2. The lowest BCUT2D eigenvalue weighted by atomic mass is 10.2. The van der Waals surface area contributed by atoms with Gasteiger partial charge in [0.1, 0.15) is 11.5 Å². The van der Waals surface area contributed by atoms with Gasteiger partial charge in [0.05, 0.1) is 36.7 Å². The van der Waals surface area contributed by atoms with Crippen LogP contribution >= 0.6 is 0 Å². The Kier molecular flexibility index (Phi) is 4.90. The predicted molar refractivity (Wildman–Crippen MR) is 114 cm³/mol. The van der Waals surface area contributed by atoms with E-state index >= 15 is 0 Å². The van der Waals surface area contributed by atoms with Crippen LogP contribution < -0.4 is 19.9 Å². The van der Waals surface area contributed by atoms with E-state index in [4.69, 9.17) is 9.47 Å². The first kappa shape index (κ1) is 20.5. The van der Waals surface area contributed by atoms with Crippen LogP contribution in [0.5, 0.6) is 11.5 Å². The van der Waals surface area contributed by atoms with Crippen molar-refractivity contribution >= 4 is 21.1 Å². The molecule has 4 rings (SSSR count). The Morgan fingerprint density at radius 2 is 1.67 bits per heavy atom. The van der Waals surface area contributed by atoms with Gasteiger partial charge in [0.2, 0.25) is 10.0 Å². The Balaban J connectivity index is 1.76. The molecule has 0 radical (unpaired) electrons. The summed E-state index contributed by atoms with van der Waals surface area (Å²) in [5.74, 6) is 1.26. The normalized spacial score (nSPS) is 15.3. The monoisotopic (exact) mass is 431 g/mol. The van der Waals surface area contributed by atoms with E-state index in [1.807, 2.05) is 19.1 Å². The number of imidazole rings is 1. The summed E-state index contributed by atoms with van der Waals surface area (Å²) in [7, 11) is 1.13. The Morgan fingerprint density at radius 1 is 1.03 bits per heavy atom. The summed E-state index contributed by atoms with van der Waals surface area (Å²) >= 11 is 0. The lowest BCUT2D eigenvalue weighted by Gasteiger charge is -2.12. The molecule has 9 heteroatoms. The van der Waals surface area contributed by atoms with Gasteiger partial charge >= 0.3 is 5.69 Å². The molecule has 1 heterocycles. The van der Waals surface area contributed by atoms with Crippen LogP contribution in [0.4, 0.5) is 0 Å². The number of methoxy groups -OCH3 is 2. The van der Waals surface area contributed by atoms with Crippen molar-refractivity contribution < 1.29 is 17.9 Å².